The zero-order valence-electron chi connectivity index (χ0n) is 11.4. The Morgan fingerprint density at radius 3 is 2.75 bits per heavy atom. The minimum absolute atomic E-state index is 0.0347. The van der Waals surface area contributed by atoms with Crippen LogP contribution in [0.1, 0.15) is 18.4 Å². The molecular weight excluding hydrogens is 256 g/mol. The van der Waals surface area contributed by atoms with Crippen LogP contribution in [0.3, 0.4) is 0 Å². The van der Waals surface area contributed by atoms with E-state index in [4.69, 9.17) is 5.11 Å². The number of carbonyl (C=O) groups is 2. The smallest absolute Gasteiger partial charge is 0.317 e. The molecule has 1 aliphatic rings. The molecule has 2 N–H and O–H groups in total. The van der Waals surface area contributed by atoms with Crippen LogP contribution in [0.2, 0.25) is 0 Å². The van der Waals surface area contributed by atoms with E-state index in [2.05, 4.69) is 17.4 Å². The topological polar surface area (TPSA) is 69.6 Å². The number of amides is 2. The molecule has 20 heavy (non-hydrogen) atoms. The first-order chi connectivity index (χ1) is 9.65. The molecule has 2 rings (SSSR count). The third-order valence-electron chi connectivity index (χ3n) is 3.56. The minimum atomic E-state index is -0.895. The third kappa shape index (κ3) is 4.26. The van der Waals surface area contributed by atoms with Gasteiger partial charge in [0.15, 0.2) is 0 Å². The Balaban J connectivity index is 1.74. The number of carboxylic acids is 1. The van der Waals surface area contributed by atoms with E-state index in [0.717, 1.165) is 25.9 Å². The van der Waals surface area contributed by atoms with Gasteiger partial charge in [0.2, 0.25) is 0 Å². The van der Waals surface area contributed by atoms with Gasteiger partial charge in [-0.1, -0.05) is 30.3 Å². The molecule has 0 saturated carbocycles. The highest BCUT2D eigenvalue weighted by Gasteiger charge is 2.26. The van der Waals surface area contributed by atoms with Crippen LogP contribution < -0.4 is 5.32 Å². The number of hydrogen-bond donors (Lipinski definition) is 2. The Morgan fingerprint density at radius 2 is 2.05 bits per heavy atom. The van der Waals surface area contributed by atoms with Gasteiger partial charge in [0.25, 0.3) is 0 Å². The van der Waals surface area contributed by atoms with Crippen molar-refractivity contribution in [1.82, 2.24) is 10.2 Å². The summed E-state index contributed by atoms with van der Waals surface area (Å²) in [5.41, 5.74) is 1.30. The molecule has 5 nitrogen and oxygen atoms in total. The van der Waals surface area contributed by atoms with Crippen LogP contribution in [0.15, 0.2) is 30.3 Å². The summed E-state index contributed by atoms with van der Waals surface area (Å²) in [6.45, 7) is 1.68. The van der Waals surface area contributed by atoms with Gasteiger partial charge in [-0.05, 0) is 24.3 Å². The first-order valence-corrected chi connectivity index (χ1v) is 6.93. The zero-order chi connectivity index (χ0) is 14.4. The van der Waals surface area contributed by atoms with Gasteiger partial charge in [0.1, 0.15) is 0 Å². The highest BCUT2D eigenvalue weighted by Crippen LogP contribution is 2.20. The van der Waals surface area contributed by atoms with Crippen molar-refractivity contribution in [3.05, 3.63) is 35.9 Å². The van der Waals surface area contributed by atoms with Gasteiger partial charge in [-0.3, -0.25) is 4.79 Å². The van der Waals surface area contributed by atoms with Gasteiger partial charge < -0.3 is 15.3 Å². The zero-order valence-corrected chi connectivity index (χ0v) is 11.4. The lowest BCUT2D eigenvalue weighted by Crippen LogP contribution is -2.39. The first-order valence-electron chi connectivity index (χ1n) is 6.93. The number of urea groups is 1. The number of likely N-dealkylation sites (tertiary alicyclic amines) is 1. The van der Waals surface area contributed by atoms with Crippen molar-refractivity contribution < 1.29 is 14.7 Å². The Morgan fingerprint density at radius 1 is 1.30 bits per heavy atom. The van der Waals surface area contributed by atoms with Crippen LogP contribution in [0.4, 0.5) is 4.79 Å². The summed E-state index contributed by atoms with van der Waals surface area (Å²) in [4.78, 5) is 24.0. The number of nitrogens with one attached hydrogen (secondary N) is 1. The van der Waals surface area contributed by atoms with E-state index in [1.165, 1.54) is 5.56 Å². The minimum Gasteiger partial charge on any atom is -0.481 e. The molecule has 0 aliphatic carbocycles. The van der Waals surface area contributed by atoms with E-state index in [1.54, 1.807) is 4.90 Å². The summed E-state index contributed by atoms with van der Waals surface area (Å²) >= 11 is 0. The molecule has 0 spiro atoms. The average Bonchev–Trinajstić information content (AvgIpc) is 2.88. The summed E-state index contributed by atoms with van der Waals surface area (Å²) in [6, 6.07) is 10.1. The normalized spacial score (nSPS) is 18.0. The molecule has 1 saturated heterocycles. The van der Waals surface area contributed by atoms with Crippen molar-refractivity contribution in [1.29, 1.82) is 0 Å². The van der Waals surface area contributed by atoms with Crippen molar-refractivity contribution in [2.45, 2.75) is 19.3 Å². The second-order valence-corrected chi connectivity index (χ2v) is 5.17. The van der Waals surface area contributed by atoms with Gasteiger partial charge in [-0.25, -0.2) is 4.79 Å². The third-order valence-corrected chi connectivity index (χ3v) is 3.56. The van der Waals surface area contributed by atoms with Crippen LogP contribution in [0.25, 0.3) is 0 Å². The number of carboxylic acid groups (broad SMARTS) is 1. The lowest BCUT2D eigenvalue weighted by atomic mass is 9.99. The van der Waals surface area contributed by atoms with E-state index in [0.29, 0.717) is 5.92 Å². The van der Waals surface area contributed by atoms with Crippen LogP contribution in [0.5, 0.6) is 0 Å². The van der Waals surface area contributed by atoms with Gasteiger partial charge in [-0.15, -0.1) is 0 Å². The quantitative estimate of drug-likeness (QED) is 0.860. The molecule has 1 atom stereocenters. The van der Waals surface area contributed by atoms with E-state index >= 15 is 0 Å². The lowest BCUT2D eigenvalue weighted by Gasteiger charge is -2.17. The molecule has 0 aromatic heterocycles. The maximum atomic E-state index is 11.8. The fourth-order valence-corrected chi connectivity index (χ4v) is 2.52. The van der Waals surface area contributed by atoms with Crippen LogP contribution in [-0.2, 0) is 11.2 Å². The lowest BCUT2D eigenvalue weighted by molar-refractivity contribution is -0.136. The monoisotopic (exact) mass is 276 g/mol. The Labute approximate surface area is 118 Å². The van der Waals surface area contributed by atoms with E-state index < -0.39 is 5.97 Å². The number of nitrogens with zero attached hydrogens (tertiary/aromatic N) is 1. The van der Waals surface area contributed by atoms with E-state index in [1.807, 2.05) is 18.2 Å². The van der Waals surface area contributed by atoms with Crippen LogP contribution in [0, 0.1) is 5.92 Å². The molecule has 108 valence electrons. The fourth-order valence-electron chi connectivity index (χ4n) is 2.52. The second-order valence-electron chi connectivity index (χ2n) is 5.17. The standard InChI is InChI=1S/C15H20N2O3/c18-14(19)6-8-16-15(20)17-9-7-13(11-17)10-12-4-2-1-3-5-12/h1-5,13H,6-11H2,(H,16,20)(H,18,19). The van der Waals surface area contributed by atoms with Crippen molar-refractivity contribution in [2.75, 3.05) is 19.6 Å². The molecule has 0 bridgehead atoms. The largest absolute Gasteiger partial charge is 0.481 e. The van der Waals surface area contributed by atoms with Gasteiger partial charge in [0.05, 0.1) is 6.42 Å². The highest BCUT2D eigenvalue weighted by molar-refractivity contribution is 5.75. The van der Waals surface area contributed by atoms with E-state index in [-0.39, 0.29) is 19.0 Å². The summed E-state index contributed by atoms with van der Waals surface area (Å²) in [6.07, 6.45) is 1.95. The van der Waals surface area contributed by atoms with Crippen molar-refractivity contribution in [2.24, 2.45) is 5.92 Å². The number of carbonyl (C=O) groups excluding carboxylic acids is 1. The second kappa shape index (κ2) is 6.93. The maximum absolute atomic E-state index is 11.8. The molecular formula is C15H20N2O3. The highest BCUT2D eigenvalue weighted by atomic mass is 16.4. The molecule has 1 aromatic carbocycles. The van der Waals surface area contributed by atoms with Gasteiger partial charge >= 0.3 is 12.0 Å². The number of benzene rings is 1. The molecule has 1 aromatic rings. The SMILES string of the molecule is O=C(O)CCNC(=O)N1CCC(Cc2ccccc2)C1. The Bertz CT molecular complexity index is 461. The van der Waals surface area contributed by atoms with E-state index in [9.17, 15) is 9.59 Å². The van der Waals surface area contributed by atoms with Crippen molar-refractivity contribution in [3.8, 4) is 0 Å². The number of rotatable bonds is 5. The Kier molecular flexibility index (Phi) is 4.98. The van der Waals surface area contributed by atoms with Crippen LogP contribution >= 0.6 is 0 Å². The molecule has 1 aliphatic heterocycles. The molecule has 1 fully saturated rings. The average molecular weight is 276 g/mol. The Hall–Kier alpha value is -2.04. The predicted octanol–water partition coefficient (Wildman–Crippen LogP) is 1.74. The van der Waals surface area contributed by atoms with Gasteiger partial charge in [0, 0.05) is 19.6 Å². The van der Waals surface area contributed by atoms with Gasteiger partial charge in [-0.2, -0.15) is 0 Å². The summed E-state index contributed by atoms with van der Waals surface area (Å²) in [5, 5.41) is 11.2. The molecule has 0 radical (unpaired) electrons. The summed E-state index contributed by atoms with van der Waals surface area (Å²) in [7, 11) is 0. The number of aliphatic carboxylic acids is 1. The molecule has 1 unspecified atom stereocenters. The summed E-state index contributed by atoms with van der Waals surface area (Å²) in [5.74, 6) is -0.406. The molecule has 1 heterocycles. The number of hydrogen-bond acceptors (Lipinski definition) is 2. The van der Waals surface area contributed by atoms with Crippen LogP contribution in [-0.4, -0.2) is 41.6 Å². The first kappa shape index (κ1) is 14.4. The van der Waals surface area contributed by atoms with Crippen molar-refractivity contribution >= 4 is 12.0 Å². The van der Waals surface area contributed by atoms with Crippen molar-refractivity contribution in [3.63, 3.8) is 0 Å². The summed E-state index contributed by atoms with van der Waals surface area (Å²) < 4.78 is 0. The molecule has 2 amide bonds. The molecule has 5 heteroatoms. The maximum Gasteiger partial charge on any atom is 0.317 e. The fraction of sp³-hybridized carbons (Fsp3) is 0.467. The predicted molar refractivity (Wildman–Crippen MR) is 75.5 cm³/mol.